The van der Waals surface area contributed by atoms with E-state index in [0.29, 0.717) is 6.54 Å². The minimum absolute atomic E-state index is 0.210. The zero-order chi connectivity index (χ0) is 17.3. The summed E-state index contributed by atoms with van der Waals surface area (Å²) >= 11 is 1.80. The Labute approximate surface area is 155 Å². The maximum atomic E-state index is 12.9. The average Bonchev–Trinajstić information content (AvgIpc) is 2.67. The van der Waals surface area contributed by atoms with Crippen LogP contribution in [0.4, 0.5) is 5.69 Å². The van der Waals surface area contributed by atoms with Crippen molar-refractivity contribution >= 4 is 23.4 Å². The van der Waals surface area contributed by atoms with Crippen LogP contribution in [0.25, 0.3) is 0 Å². The average molecular weight is 355 g/mol. The molecule has 0 aromatic heterocycles. The first kappa shape index (κ1) is 18.0. The van der Waals surface area contributed by atoms with Gasteiger partial charge in [0.2, 0.25) is 5.91 Å². The number of carbonyl (C=O) groups is 1. The normalized spacial score (nSPS) is 15.0. The number of thioether (sulfide) groups is 1. The third-order valence-electron chi connectivity index (χ3n) is 4.50. The molecule has 0 N–H and O–H groups in total. The molecule has 0 aliphatic carbocycles. The first-order valence-corrected chi connectivity index (χ1v) is 10.1. The van der Waals surface area contributed by atoms with Crippen LogP contribution in [0.3, 0.4) is 0 Å². The quantitative estimate of drug-likeness (QED) is 0.693. The Morgan fingerprint density at radius 2 is 1.56 bits per heavy atom. The molecule has 25 heavy (non-hydrogen) atoms. The van der Waals surface area contributed by atoms with E-state index in [0.717, 1.165) is 31.1 Å². The van der Waals surface area contributed by atoms with Crippen LogP contribution in [0, 0.1) is 0 Å². The van der Waals surface area contributed by atoms with Crippen molar-refractivity contribution in [2.75, 3.05) is 36.8 Å². The lowest BCUT2D eigenvalue weighted by Gasteiger charge is -2.29. The molecule has 1 amide bonds. The maximum Gasteiger partial charge on any atom is 0.241 e. The van der Waals surface area contributed by atoms with E-state index in [1.54, 1.807) is 11.8 Å². The van der Waals surface area contributed by atoms with E-state index in [-0.39, 0.29) is 5.91 Å². The fourth-order valence-electron chi connectivity index (χ4n) is 3.17. The number of anilines is 1. The number of carbonyl (C=O) groups excluding carboxylic acids is 1. The van der Waals surface area contributed by atoms with Crippen molar-refractivity contribution in [3.63, 3.8) is 0 Å². The first-order chi connectivity index (χ1) is 12.3. The van der Waals surface area contributed by atoms with Crippen LogP contribution < -0.4 is 4.90 Å². The van der Waals surface area contributed by atoms with Crippen molar-refractivity contribution in [3.05, 3.63) is 60.7 Å². The molecule has 1 heterocycles. The monoisotopic (exact) mass is 354 g/mol. The molecule has 0 atom stereocenters. The van der Waals surface area contributed by atoms with Gasteiger partial charge in [-0.25, -0.2) is 0 Å². The van der Waals surface area contributed by atoms with Gasteiger partial charge in [0.25, 0.3) is 0 Å². The Hall–Kier alpha value is -1.78. The van der Waals surface area contributed by atoms with E-state index in [4.69, 9.17) is 0 Å². The molecule has 0 saturated carbocycles. The van der Waals surface area contributed by atoms with Crippen LogP contribution in [-0.2, 0) is 4.79 Å². The van der Waals surface area contributed by atoms with Crippen molar-refractivity contribution in [1.82, 2.24) is 4.90 Å². The lowest BCUT2D eigenvalue weighted by molar-refractivity contribution is -0.119. The van der Waals surface area contributed by atoms with Gasteiger partial charge in [-0.2, -0.15) is 0 Å². The zero-order valence-electron chi connectivity index (χ0n) is 14.6. The third-order valence-corrected chi connectivity index (χ3v) is 5.50. The number of rotatable bonds is 7. The summed E-state index contributed by atoms with van der Waals surface area (Å²) < 4.78 is 0. The predicted octanol–water partition coefficient (Wildman–Crippen LogP) is 4.30. The van der Waals surface area contributed by atoms with E-state index >= 15 is 0 Å². The van der Waals surface area contributed by atoms with Gasteiger partial charge in [0.05, 0.1) is 6.54 Å². The summed E-state index contributed by atoms with van der Waals surface area (Å²) in [5.41, 5.74) is 0.998. The second-order valence-electron chi connectivity index (χ2n) is 6.38. The molecule has 0 unspecified atom stereocenters. The molecular formula is C21H26N2OS. The van der Waals surface area contributed by atoms with Gasteiger partial charge in [-0.3, -0.25) is 9.69 Å². The van der Waals surface area contributed by atoms with Crippen LogP contribution in [-0.4, -0.2) is 42.7 Å². The van der Waals surface area contributed by atoms with Crippen molar-refractivity contribution < 1.29 is 4.79 Å². The standard InChI is InChI=1S/C21H26N2OS/c24-21(18-22-14-8-3-9-15-22)23(19-10-4-1-5-11-19)16-17-25-20-12-6-2-7-13-20/h1-2,4-7,10-13H,3,8-9,14-18H2. The van der Waals surface area contributed by atoms with Crippen LogP contribution in [0.5, 0.6) is 0 Å². The van der Waals surface area contributed by atoms with E-state index in [2.05, 4.69) is 29.2 Å². The second kappa shape index (κ2) is 9.64. The van der Waals surface area contributed by atoms with Crippen molar-refractivity contribution in [2.45, 2.75) is 24.2 Å². The summed E-state index contributed by atoms with van der Waals surface area (Å²) in [4.78, 5) is 18.4. The van der Waals surface area contributed by atoms with E-state index in [1.807, 2.05) is 41.3 Å². The predicted molar refractivity (Wildman–Crippen MR) is 106 cm³/mol. The van der Waals surface area contributed by atoms with Crippen LogP contribution >= 0.6 is 11.8 Å². The number of nitrogens with zero attached hydrogens (tertiary/aromatic N) is 2. The molecule has 0 spiro atoms. The molecule has 1 fully saturated rings. The summed E-state index contributed by atoms with van der Waals surface area (Å²) in [5, 5.41) is 0. The van der Waals surface area contributed by atoms with Gasteiger partial charge in [0.15, 0.2) is 0 Å². The number of para-hydroxylation sites is 1. The molecular weight excluding hydrogens is 328 g/mol. The lowest BCUT2D eigenvalue weighted by Crippen LogP contribution is -2.43. The fraction of sp³-hybridized carbons (Fsp3) is 0.381. The van der Waals surface area contributed by atoms with Crippen molar-refractivity contribution in [2.24, 2.45) is 0 Å². The number of amides is 1. The molecule has 2 aromatic carbocycles. The van der Waals surface area contributed by atoms with Gasteiger partial charge in [-0.1, -0.05) is 42.8 Å². The molecule has 132 valence electrons. The highest BCUT2D eigenvalue weighted by Crippen LogP contribution is 2.20. The molecule has 0 radical (unpaired) electrons. The Balaban J connectivity index is 1.61. The minimum Gasteiger partial charge on any atom is -0.310 e. The topological polar surface area (TPSA) is 23.6 Å². The SMILES string of the molecule is O=C(CN1CCCCC1)N(CCSc1ccccc1)c1ccccc1. The highest BCUT2D eigenvalue weighted by Gasteiger charge is 2.20. The third kappa shape index (κ3) is 5.62. The zero-order valence-corrected chi connectivity index (χ0v) is 15.5. The largest absolute Gasteiger partial charge is 0.310 e. The molecule has 3 nitrogen and oxygen atoms in total. The summed E-state index contributed by atoms with van der Waals surface area (Å²) in [7, 11) is 0. The molecule has 3 rings (SSSR count). The number of hydrogen-bond donors (Lipinski definition) is 0. The van der Waals surface area contributed by atoms with Crippen LogP contribution in [0.2, 0.25) is 0 Å². The summed E-state index contributed by atoms with van der Waals surface area (Å²) in [5.74, 6) is 1.10. The minimum atomic E-state index is 0.210. The highest BCUT2D eigenvalue weighted by atomic mass is 32.2. The number of piperidine rings is 1. The Morgan fingerprint density at radius 1 is 0.920 bits per heavy atom. The maximum absolute atomic E-state index is 12.9. The Bertz CT molecular complexity index is 641. The van der Waals surface area contributed by atoms with Gasteiger partial charge in [-0.05, 0) is 50.2 Å². The fourth-order valence-corrected chi connectivity index (χ4v) is 4.03. The second-order valence-corrected chi connectivity index (χ2v) is 7.55. The van der Waals surface area contributed by atoms with Crippen molar-refractivity contribution in [1.29, 1.82) is 0 Å². The van der Waals surface area contributed by atoms with Crippen LogP contribution in [0.15, 0.2) is 65.6 Å². The molecule has 4 heteroatoms. The molecule has 1 aliphatic rings. The van der Waals surface area contributed by atoms with Crippen LogP contribution in [0.1, 0.15) is 19.3 Å². The molecule has 2 aromatic rings. The van der Waals surface area contributed by atoms with Gasteiger partial charge in [0.1, 0.15) is 0 Å². The first-order valence-electron chi connectivity index (χ1n) is 9.08. The highest BCUT2D eigenvalue weighted by molar-refractivity contribution is 7.99. The molecule has 1 saturated heterocycles. The van der Waals surface area contributed by atoms with Gasteiger partial charge in [-0.15, -0.1) is 11.8 Å². The smallest absolute Gasteiger partial charge is 0.241 e. The number of benzene rings is 2. The van der Waals surface area contributed by atoms with Crippen molar-refractivity contribution in [3.8, 4) is 0 Å². The molecule has 0 bridgehead atoms. The summed E-state index contributed by atoms with van der Waals surface area (Å²) in [6, 6.07) is 20.4. The van der Waals surface area contributed by atoms with E-state index in [1.165, 1.54) is 24.2 Å². The lowest BCUT2D eigenvalue weighted by atomic mass is 10.1. The summed E-state index contributed by atoms with van der Waals surface area (Å²) in [6.07, 6.45) is 3.71. The Kier molecular flexibility index (Phi) is 6.95. The van der Waals surface area contributed by atoms with E-state index < -0.39 is 0 Å². The van der Waals surface area contributed by atoms with Gasteiger partial charge < -0.3 is 4.90 Å². The number of likely N-dealkylation sites (tertiary alicyclic amines) is 1. The number of hydrogen-bond acceptors (Lipinski definition) is 3. The summed E-state index contributed by atoms with van der Waals surface area (Å²) in [6.45, 7) is 3.36. The molecule has 1 aliphatic heterocycles. The Morgan fingerprint density at radius 3 is 2.24 bits per heavy atom. The van der Waals surface area contributed by atoms with Gasteiger partial charge in [0, 0.05) is 22.9 Å². The van der Waals surface area contributed by atoms with E-state index in [9.17, 15) is 4.79 Å². The van der Waals surface area contributed by atoms with Gasteiger partial charge >= 0.3 is 0 Å².